The van der Waals surface area contributed by atoms with Crippen LogP contribution in [0, 0.1) is 10.2 Å². The lowest BCUT2D eigenvalue weighted by molar-refractivity contribution is -1.91. The van der Waals surface area contributed by atoms with E-state index in [0.29, 0.717) is 0 Å². The first-order valence-electron chi connectivity index (χ1n) is 3.98. The number of benzene rings is 1. The highest BCUT2D eigenvalue weighted by Gasteiger charge is 2.43. The molecule has 0 fully saturated rings. The predicted molar refractivity (Wildman–Crippen MR) is 44.6 cm³/mol. The topological polar surface area (TPSA) is 78.4 Å². The fourth-order valence-electron chi connectivity index (χ4n) is 1.12. The molecule has 1 aromatic carbocycles. The standard InChI is InChI=1S/C8H11ClO4Si/c1-14(2,13-9(10,11)12)8-6-4-3-5-7-8/h3-7H,1-2H3. The Hall–Kier alpha value is -0.433. The molecule has 0 heterocycles. The molecule has 0 aliphatic carbocycles. The molecule has 0 aliphatic heterocycles. The van der Waals surface area contributed by atoms with Crippen LogP contribution in [0.4, 0.5) is 0 Å². The van der Waals surface area contributed by atoms with E-state index in [4.69, 9.17) is 0 Å². The normalized spacial score (nSPS) is 12.9. The van der Waals surface area contributed by atoms with Crippen LogP contribution in [0.5, 0.6) is 0 Å². The Kier molecular flexibility index (Phi) is 3.30. The number of rotatable bonds is 3. The molecule has 0 saturated heterocycles. The summed E-state index contributed by atoms with van der Waals surface area (Å²) in [6.07, 6.45) is 0. The van der Waals surface area contributed by atoms with Crippen molar-refractivity contribution < 1.29 is 28.2 Å². The first-order chi connectivity index (χ1) is 6.31. The van der Waals surface area contributed by atoms with Gasteiger partial charge >= 0.3 is 8.32 Å². The molecule has 0 atom stereocenters. The number of hydrogen-bond acceptors (Lipinski definition) is 4. The highest BCUT2D eigenvalue weighted by atomic mass is 35.7. The molecule has 1 rings (SSSR count). The van der Waals surface area contributed by atoms with Gasteiger partial charge in [0.05, 0.1) is 10.2 Å². The molecule has 1 aromatic rings. The van der Waals surface area contributed by atoms with Crippen LogP contribution in [-0.4, -0.2) is 8.32 Å². The van der Waals surface area contributed by atoms with Gasteiger partial charge in [0.15, 0.2) is 0 Å². The van der Waals surface area contributed by atoms with Gasteiger partial charge in [-0.15, -0.1) is 0 Å². The van der Waals surface area contributed by atoms with Crippen LogP contribution in [0.1, 0.15) is 0 Å². The van der Waals surface area contributed by atoms with E-state index in [0.717, 1.165) is 5.19 Å². The van der Waals surface area contributed by atoms with Gasteiger partial charge in [-0.3, -0.25) is 0 Å². The molecule has 0 unspecified atom stereocenters. The SMILES string of the molecule is C[Si](C)(O[Cl+3]([O-])([O-])[O-])c1ccccc1. The van der Waals surface area contributed by atoms with Gasteiger partial charge in [0.25, 0.3) is 0 Å². The summed E-state index contributed by atoms with van der Waals surface area (Å²) in [7, 11) is -6.97. The average Bonchev–Trinajstić information content (AvgIpc) is 2.01. The summed E-state index contributed by atoms with van der Waals surface area (Å²) < 4.78 is 35.9. The number of halogens is 1. The average molecular weight is 235 g/mol. The smallest absolute Gasteiger partial charge is 0.185 e. The Balaban J connectivity index is 2.86. The van der Waals surface area contributed by atoms with E-state index in [2.05, 4.69) is 3.98 Å². The minimum absolute atomic E-state index is 0.770. The third-order valence-electron chi connectivity index (χ3n) is 1.76. The summed E-state index contributed by atoms with van der Waals surface area (Å²) in [6, 6.07) is 8.89. The molecule has 0 radical (unpaired) electrons. The zero-order valence-corrected chi connectivity index (χ0v) is 9.65. The second-order valence-corrected chi connectivity index (χ2v) is 8.30. The Morgan fingerprint density at radius 1 is 1.07 bits per heavy atom. The van der Waals surface area contributed by atoms with E-state index in [-0.39, 0.29) is 0 Å². The summed E-state index contributed by atoms with van der Waals surface area (Å²) >= 11 is 0. The summed E-state index contributed by atoms with van der Waals surface area (Å²) in [4.78, 5) is 0. The van der Waals surface area contributed by atoms with E-state index < -0.39 is 18.6 Å². The molecule has 0 aliphatic rings. The molecular formula is C8H11ClO4Si. The van der Waals surface area contributed by atoms with Gasteiger partial charge in [0.1, 0.15) is 0 Å². The summed E-state index contributed by atoms with van der Waals surface area (Å²) in [5.41, 5.74) is 0. The molecule has 14 heavy (non-hydrogen) atoms. The monoisotopic (exact) mass is 234 g/mol. The van der Waals surface area contributed by atoms with Gasteiger partial charge in [-0.05, 0) is 22.3 Å². The Morgan fingerprint density at radius 3 is 2.00 bits per heavy atom. The summed E-state index contributed by atoms with van der Waals surface area (Å²) in [5, 5.41) is 0.770. The van der Waals surface area contributed by atoms with Crippen LogP contribution in [0.3, 0.4) is 0 Å². The van der Waals surface area contributed by atoms with Gasteiger partial charge in [-0.1, -0.05) is 30.3 Å². The largest absolute Gasteiger partial charge is 0.428 e. The lowest BCUT2D eigenvalue weighted by Gasteiger charge is -2.22. The van der Waals surface area contributed by atoms with Crippen LogP contribution in [0.15, 0.2) is 30.3 Å². The van der Waals surface area contributed by atoms with Crippen molar-refractivity contribution in [2.24, 2.45) is 0 Å². The second kappa shape index (κ2) is 3.97. The maximum Gasteiger partial charge on any atom is 0.428 e. The van der Waals surface area contributed by atoms with Gasteiger partial charge in [0.2, 0.25) is 0 Å². The van der Waals surface area contributed by atoms with Gasteiger partial charge in [-0.25, -0.2) is 0 Å². The fourth-order valence-corrected chi connectivity index (χ4v) is 4.36. The Morgan fingerprint density at radius 2 is 1.57 bits per heavy atom. The van der Waals surface area contributed by atoms with Crippen molar-refractivity contribution in [3.63, 3.8) is 0 Å². The molecular weight excluding hydrogens is 224 g/mol. The third-order valence-corrected chi connectivity index (χ3v) is 5.78. The minimum Gasteiger partial charge on any atom is -0.185 e. The van der Waals surface area contributed by atoms with Crippen molar-refractivity contribution in [2.75, 3.05) is 0 Å². The zero-order chi connectivity index (χ0) is 10.8. The predicted octanol–water partition coefficient (Wildman–Crippen LogP) is -1.99. The van der Waals surface area contributed by atoms with Gasteiger partial charge < -0.3 is 0 Å². The van der Waals surface area contributed by atoms with Crippen molar-refractivity contribution in [1.82, 2.24) is 0 Å². The second-order valence-electron chi connectivity index (χ2n) is 3.33. The molecule has 0 amide bonds. The van der Waals surface area contributed by atoms with E-state index in [1.807, 2.05) is 6.07 Å². The Labute approximate surface area is 85.6 Å². The van der Waals surface area contributed by atoms with Crippen molar-refractivity contribution in [1.29, 1.82) is 0 Å². The van der Waals surface area contributed by atoms with Crippen molar-refractivity contribution in [3.8, 4) is 0 Å². The quantitative estimate of drug-likeness (QED) is 0.568. The minimum atomic E-state index is -4.35. The molecule has 0 aromatic heterocycles. The van der Waals surface area contributed by atoms with Crippen LogP contribution < -0.4 is 19.2 Å². The van der Waals surface area contributed by atoms with Crippen molar-refractivity contribution in [3.05, 3.63) is 30.3 Å². The lowest BCUT2D eigenvalue weighted by atomic mass is 10.4. The molecule has 6 heteroatoms. The lowest BCUT2D eigenvalue weighted by Crippen LogP contribution is -2.67. The molecule has 78 valence electrons. The molecule has 0 spiro atoms. The van der Waals surface area contributed by atoms with Crippen molar-refractivity contribution >= 4 is 13.5 Å². The fraction of sp³-hybridized carbons (Fsp3) is 0.250. The van der Waals surface area contributed by atoms with Gasteiger partial charge in [-0.2, -0.15) is 14.0 Å². The van der Waals surface area contributed by atoms with E-state index in [1.54, 1.807) is 37.4 Å². The van der Waals surface area contributed by atoms with E-state index in [9.17, 15) is 14.0 Å². The summed E-state index contributed by atoms with van der Waals surface area (Å²) in [5.74, 6) is 0. The highest BCUT2D eigenvalue weighted by molar-refractivity contribution is 6.84. The van der Waals surface area contributed by atoms with Crippen molar-refractivity contribution in [2.45, 2.75) is 13.1 Å². The van der Waals surface area contributed by atoms with Crippen LogP contribution >= 0.6 is 0 Å². The third kappa shape index (κ3) is 3.37. The summed E-state index contributed by atoms with van der Waals surface area (Å²) in [6.45, 7) is 3.32. The first-order valence-corrected chi connectivity index (χ1v) is 8.12. The first kappa shape index (κ1) is 11.6. The Bertz CT molecular complexity index is 296. The van der Waals surface area contributed by atoms with E-state index >= 15 is 0 Å². The van der Waals surface area contributed by atoms with Crippen LogP contribution in [-0.2, 0) is 3.98 Å². The maximum atomic E-state index is 10.4. The van der Waals surface area contributed by atoms with Crippen LogP contribution in [0.25, 0.3) is 0 Å². The van der Waals surface area contributed by atoms with Crippen LogP contribution in [0.2, 0.25) is 13.1 Å². The highest BCUT2D eigenvalue weighted by Crippen LogP contribution is 2.08. The van der Waals surface area contributed by atoms with Gasteiger partial charge in [0, 0.05) is 0 Å². The number of hydrogen-bond donors (Lipinski definition) is 0. The van der Waals surface area contributed by atoms with E-state index in [1.165, 1.54) is 0 Å². The zero-order valence-electron chi connectivity index (χ0n) is 7.90. The maximum absolute atomic E-state index is 10.4. The molecule has 0 saturated carbocycles. The molecule has 0 bridgehead atoms. The molecule has 4 nitrogen and oxygen atoms in total. The molecule has 0 N–H and O–H groups in total.